The molecule has 4 heteroatoms. The van der Waals surface area contributed by atoms with Crippen LogP contribution in [0, 0.1) is 5.82 Å². The van der Waals surface area contributed by atoms with Crippen molar-refractivity contribution in [1.29, 1.82) is 0 Å². The molecule has 0 aromatic heterocycles. The van der Waals surface area contributed by atoms with Crippen LogP contribution in [-0.2, 0) is 6.42 Å². The average molecular weight is 237 g/mol. The van der Waals surface area contributed by atoms with E-state index in [4.69, 9.17) is 5.11 Å². The van der Waals surface area contributed by atoms with Crippen molar-refractivity contribution >= 4 is 5.97 Å². The second kappa shape index (κ2) is 5.27. The quantitative estimate of drug-likeness (QED) is 0.872. The van der Waals surface area contributed by atoms with Gasteiger partial charge >= 0.3 is 5.97 Å². The molecule has 1 aliphatic heterocycles. The van der Waals surface area contributed by atoms with E-state index >= 15 is 0 Å². The van der Waals surface area contributed by atoms with Gasteiger partial charge in [0.1, 0.15) is 5.82 Å². The Kier molecular flexibility index (Phi) is 3.74. The molecule has 1 aromatic rings. The number of hydrogen-bond donors (Lipinski definition) is 1. The summed E-state index contributed by atoms with van der Waals surface area (Å²) in [6, 6.07) is 4.14. The molecule has 0 radical (unpaired) electrons. The van der Waals surface area contributed by atoms with Gasteiger partial charge in [0.05, 0.1) is 5.56 Å². The number of aromatic carboxylic acids is 1. The lowest BCUT2D eigenvalue weighted by atomic mass is 10.1. The Morgan fingerprint density at radius 1 is 1.35 bits per heavy atom. The molecule has 0 saturated carbocycles. The smallest absolute Gasteiger partial charge is 0.335 e. The first-order chi connectivity index (χ1) is 8.16. The van der Waals surface area contributed by atoms with Crippen LogP contribution in [-0.4, -0.2) is 35.6 Å². The highest BCUT2D eigenvalue weighted by atomic mass is 19.1. The summed E-state index contributed by atoms with van der Waals surface area (Å²) in [7, 11) is 0. The molecule has 92 valence electrons. The van der Waals surface area contributed by atoms with E-state index in [-0.39, 0.29) is 5.56 Å². The van der Waals surface area contributed by atoms with Crippen molar-refractivity contribution in [3.05, 3.63) is 35.1 Å². The van der Waals surface area contributed by atoms with Gasteiger partial charge in [-0.05, 0) is 50.0 Å². The molecular formula is C13H16FNO2. The number of hydrogen-bond acceptors (Lipinski definition) is 2. The minimum atomic E-state index is -1.09. The van der Waals surface area contributed by atoms with Crippen LogP contribution in [0.15, 0.2) is 18.2 Å². The average Bonchev–Trinajstić information content (AvgIpc) is 2.80. The molecule has 2 rings (SSSR count). The SMILES string of the molecule is O=C(O)c1ccc(CCN2CCCC2)c(F)c1. The van der Waals surface area contributed by atoms with Gasteiger partial charge in [-0.1, -0.05) is 6.07 Å². The number of carboxylic acid groups (broad SMARTS) is 1. The van der Waals surface area contributed by atoms with Gasteiger partial charge in [-0.15, -0.1) is 0 Å². The number of carbonyl (C=O) groups is 1. The summed E-state index contributed by atoms with van der Waals surface area (Å²) in [5.74, 6) is -1.50. The van der Waals surface area contributed by atoms with Crippen molar-refractivity contribution in [2.45, 2.75) is 19.3 Å². The highest BCUT2D eigenvalue weighted by molar-refractivity contribution is 5.87. The van der Waals surface area contributed by atoms with Crippen LogP contribution in [0.1, 0.15) is 28.8 Å². The van der Waals surface area contributed by atoms with Crippen LogP contribution in [0.4, 0.5) is 4.39 Å². The zero-order valence-corrected chi connectivity index (χ0v) is 9.66. The third-order valence-electron chi connectivity index (χ3n) is 3.20. The molecule has 1 N–H and O–H groups in total. The van der Waals surface area contributed by atoms with Crippen LogP contribution < -0.4 is 0 Å². The van der Waals surface area contributed by atoms with E-state index in [1.807, 2.05) is 0 Å². The number of likely N-dealkylation sites (tertiary alicyclic amines) is 1. The molecule has 1 aromatic carbocycles. The molecule has 3 nitrogen and oxygen atoms in total. The second-order valence-corrected chi connectivity index (χ2v) is 4.41. The van der Waals surface area contributed by atoms with Crippen LogP contribution in [0.2, 0.25) is 0 Å². The minimum absolute atomic E-state index is 0.00687. The molecule has 0 unspecified atom stereocenters. The first-order valence-corrected chi connectivity index (χ1v) is 5.91. The van der Waals surface area contributed by atoms with E-state index in [1.165, 1.54) is 18.9 Å². The molecule has 1 heterocycles. The third kappa shape index (κ3) is 3.03. The summed E-state index contributed by atoms with van der Waals surface area (Å²) in [6.45, 7) is 3.03. The highest BCUT2D eigenvalue weighted by Gasteiger charge is 2.13. The van der Waals surface area contributed by atoms with E-state index in [1.54, 1.807) is 6.07 Å². The topological polar surface area (TPSA) is 40.5 Å². The number of nitrogens with zero attached hydrogens (tertiary/aromatic N) is 1. The number of rotatable bonds is 4. The van der Waals surface area contributed by atoms with Crippen molar-refractivity contribution in [3.63, 3.8) is 0 Å². The Hall–Kier alpha value is -1.42. The van der Waals surface area contributed by atoms with Gasteiger partial charge in [-0.25, -0.2) is 9.18 Å². The van der Waals surface area contributed by atoms with Gasteiger partial charge < -0.3 is 10.0 Å². The Balaban J connectivity index is 1.98. The molecule has 0 spiro atoms. The molecule has 0 aliphatic carbocycles. The molecule has 0 amide bonds. The summed E-state index contributed by atoms with van der Waals surface area (Å²) in [6.07, 6.45) is 3.09. The van der Waals surface area contributed by atoms with E-state index in [0.29, 0.717) is 12.0 Å². The van der Waals surface area contributed by atoms with E-state index in [9.17, 15) is 9.18 Å². The van der Waals surface area contributed by atoms with Crippen LogP contribution in [0.25, 0.3) is 0 Å². The number of carboxylic acids is 1. The number of benzene rings is 1. The predicted molar refractivity (Wildman–Crippen MR) is 62.7 cm³/mol. The van der Waals surface area contributed by atoms with Crippen molar-refractivity contribution in [1.82, 2.24) is 4.90 Å². The Labute approximate surface area is 99.9 Å². The Morgan fingerprint density at radius 2 is 2.06 bits per heavy atom. The van der Waals surface area contributed by atoms with Gasteiger partial charge in [0.15, 0.2) is 0 Å². The zero-order chi connectivity index (χ0) is 12.3. The summed E-state index contributed by atoms with van der Waals surface area (Å²) in [5, 5.41) is 8.73. The Bertz CT molecular complexity index is 414. The molecule has 1 fully saturated rings. The van der Waals surface area contributed by atoms with Gasteiger partial charge in [0.25, 0.3) is 0 Å². The van der Waals surface area contributed by atoms with Crippen molar-refractivity contribution < 1.29 is 14.3 Å². The maximum atomic E-state index is 13.6. The molecule has 0 atom stereocenters. The van der Waals surface area contributed by atoms with Gasteiger partial charge in [-0.2, -0.15) is 0 Å². The zero-order valence-electron chi connectivity index (χ0n) is 9.66. The van der Waals surface area contributed by atoms with E-state index in [2.05, 4.69) is 4.90 Å². The Morgan fingerprint density at radius 3 is 2.65 bits per heavy atom. The molecule has 1 saturated heterocycles. The van der Waals surface area contributed by atoms with Crippen molar-refractivity contribution in [3.8, 4) is 0 Å². The van der Waals surface area contributed by atoms with Crippen molar-refractivity contribution in [2.24, 2.45) is 0 Å². The third-order valence-corrected chi connectivity index (χ3v) is 3.20. The summed E-state index contributed by atoms with van der Waals surface area (Å²) >= 11 is 0. The fourth-order valence-electron chi connectivity index (χ4n) is 2.17. The monoisotopic (exact) mass is 237 g/mol. The lowest BCUT2D eigenvalue weighted by molar-refractivity contribution is 0.0696. The van der Waals surface area contributed by atoms with Crippen LogP contribution in [0.3, 0.4) is 0 Å². The van der Waals surface area contributed by atoms with Gasteiger partial charge in [0.2, 0.25) is 0 Å². The maximum Gasteiger partial charge on any atom is 0.335 e. The highest BCUT2D eigenvalue weighted by Crippen LogP contribution is 2.13. The maximum absolute atomic E-state index is 13.6. The van der Waals surface area contributed by atoms with Gasteiger partial charge in [-0.3, -0.25) is 0 Å². The first-order valence-electron chi connectivity index (χ1n) is 5.91. The molecule has 17 heavy (non-hydrogen) atoms. The number of halogens is 1. The molecule has 1 aliphatic rings. The predicted octanol–water partition coefficient (Wildman–Crippen LogP) is 2.16. The fourth-order valence-corrected chi connectivity index (χ4v) is 2.17. The summed E-state index contributed by atoms with van der Waals surface area (Å²) < 4.78 is 13.6. The lowest BCUT2D eigenvalue weighted by Gasteiger charge is -2.14. The molecule has 0 bridgehead atoms. The van der Waals surface area contributed by atoms with Crippen LogP contribution >= 0.6 is 0 Å². The molecular weight excluding hydrogens is 221 g/mol. The lowest BCUT2D eigenvalue weighted by Crippen LogP contribution is -2.22. The minimum Gasteiger partial charge on any atom is -0.478 e. The fraction of sp³-hybridized carbons (Fsp3) is 0.462. The first kappa shape index (κ1) is 12.0. The largest absolute Gasteiger partial charge is 0.478 e. The van der Waals surface area contributed by atoms with Crippen molar-refractivity contribution in [2.75, 3.05) is 19.6 Å². The van der Waals surface area contributed by atoms with Crippen LogP contribution in [0.5, 0.6) is 0 Å². The summed E-state index contributed by atoms with van der Waals surface area (Å²) in [4.78, 5) is 13.0. The normalized spacial score (nSPS) is 16.3. The summed E-state index contributed by atoms with van der Waals surface area (Å²) in [5.41, 5.74) is 0.606. The van der Waals surface area contributed by atoms with Gasteiger partial charge in [0, 0.05) is 6.54 Å². The van der Waals surface area contributed by atoms with E-state index < -0.39 is 11.8 Å². The van der Waals surface area contributed by atoms with E-state index in [0.717, 1.165) is 25.7 Å². The second-order valence-electron chi connectivity index (χ2n) is 4.41. The standard InChI is InChI=1S/C13H16FNO2/c14-12-9-11(13(16)17)4-3-10(12)5-8-15-6-1-2-7-15/h3-4,9H,1-2,5-8H2,(H,16,17).